The molecule has 0 saturated carbocycles. The van der Waals surface area contributed by atoms with Gasteiger partial charge in [0.15, 0.2) is 11.5 Å². The second-order valence-electron chi connectivity index (χ2n) is 8.77. The Morgan fingerprint density at radius 2 is 1.74 bits per heavy atom. The lowest BCUT2D eigenvalue weighted by molar-refractivity contribution is 0.0946. The van der Waals surface area contributed by atoms with Crippen molar-refractivity contribution in [3.63, 3.8) is 0 Å². The van der Waals surface area contributed by atoms with Crippen LogP contribution in [0.5, 0.6) is 17.4 Å². The van der Waals surface area contributed by atoms with Gasteiger partial charge in [-0.2, -0.15) is 8.82 Å². The summed E-state index contributed by atoms with van der Waals surface area (Å²) in [5.41, 5.74) is 1.57. The summed E-state index contributed by atoms with van der Waals surface area (Å²) < 4.78 is 44.8. The van der Waals surface area contributed by atoms with Gasteiger partial charge in [0, 0.05) is 30.8 Å². The normalized spacial score (nSPS) is 13.9. The molecular weight excluding hydrogens is 524 g/mol. The van der Waals surface area contributed by atoms with E-state index in [1.54, 1.807) is 43.0 Å². The van der Waals surface area contributed by atoms with Gasteiger partial charge in [-0.15, -0.1) is 15.3 Å². The fraction of sp³-hybridized carbons (Fsp3) is 0.308. The third-order valence-corrected chi connectivity index (χ3v) is 8.26. The van der Waals surface area contributed by atoms with Crippen molar-refractivity contribution in [2.45, 2.75) is 17.7 Å². The van der Waals surface area contributed by atoms with Crippen LogP contribution in [-0.4, -0.2) is 78.9 Å². The largest absolute Gasteiger partial charge is 0.497 e. The van der Waals surface area contributed by atoms with E-state index in [-0.39, 0.29) is 24.0 Å². The molecule has 0 spiro atoms. The zero-order valence-electron chi connectivity index (χ0n) is 21.5. The first-order valence-corrected chi connectivity index (χ1v) is 13.8. The van der Waals surface area contributed by atoms with E-state index >= 15 is 0 Å². The summed E-state index contributed by atoms with van der Waals surface area (Å²) in [5, 5.41) is 15.7. The van der Waals surface area contributed by atoms with Gasteiger partial charge in [-0.1, -0.05) is 0 Å². The van der Waals surface area contributed by atoms with Gasteiger partial charge < -0.3 is 19.5 Å². The number of ether oxygens (including phenoxy) is 3. The number of benzene rings is 2. The Hall–Kier alpha value is -4.23. The standard InChI is InChI=1S/C26H28N6O6S/c1-36-19-7-10-21(22(17-19)37-2)25-29-28-23-11-12-24(30-32(23)25)38-16-13-27-26(33)18-5-8-20(9-6-18)39(34,35)31-14-3-4-15-31/h5-12,17H,3-4,13-16H2,1-2H3,(H,27,33). The van der Waals surface area contributed by atoms with Crippen LogP contribution in [0.1, 0.15) is 23.2 Å². The Labute approximate surface area is 225 Å². The summed E-state index contributed by atoms with van der Waals surface area (Å²) in [7, 11) is -0.386. The van der Waals surface area contributed by atoms with Crippen LogP contribution in [0, 0.1) is 0 Å². The van der Waals surface area contributed by atoms with Crippen LogP contribution in [0.3, 0.4) is 0 Å². The van der Waals surface area contributed by atoms with Crippen LogP contribution in [0.2, 0.25) is 0 Å². The molecule has 5 rings (SSSR count). The Kier molecular flexibility index (Phi) is 7.61. The number of aromatic nitrogens is 4. The molecule has 3 heterocycles. The molecule has 1 aliphatic heterocycles. The Bertz CT molecular complexity index is 1580. The first-order chi connectivity index (χ1) is 18.9. The van der Waals surface area contributed by atoms with E-state index in [4.69, 9.17) is 14.2 Å². The minimum atomic E-state index is -3.52. The van der Waals surface area contributed by atoms with Crippen LogP contribution in [-0.2, 0) is 10.0 Å². The van der Waals surface area contributed by atoms with Crippen molar-refractivity contribution in [2.75, 3.05) is 40.5 Å². The number of hydrogen-bond acceptors (Lipinski definition) is 9. The fourth-order valence-corrected chi connectivity index (χ4v) is 5.80. The van der Waals surface area contributed by atoms with E-state index in [0.29, 0.717) is 53.1 Å². The average Bonchev–Trinajstić information content (AvgIpc) is 3.66. The molecule has 0 unspecified atom stereocenters. The van der Waals surface area contributed by atoms with Crippen molar-refractivity contribution in [1.29, 1.82) is 0 Å². The van der Waals surface area contributed by atoms with Crippen LogP contribution < -0.4 is 19.5 Å². The molecule has 2 aromatic carbocycles. The van der Waals surface area contributed by atoms with Gasteiger partial charge in [-0.25, -0.2) is 8.42 Å². The third kappa shape index (κ3) is 5.49. The Morgan fingerprint density at radius 3 is 2.46 bits per heavy atom. The van der Waals surface area contributed by atoms with E-state index in [9.17, 15) is 13.2 Å². The quantitative estimate of drug-likeness (QED) is 0.294. The number of rotatable bonds is 10. The number of amides is 1. The first kappa shape index (κ1) is 26.4. The molecular formula is C26H28N6O6S. The highest BCUT2D eigenvalue weighted by Crippen LogP contribution is 2.32. The number of methoxy groups -OCH3 is 2. The SMILES string of the molecule is COc1ccc(-c2nnc3ccc(OCCNC(=O)c4ccc(S(=O)(=O)N5CCCC5)cc4)nn23)c(OC)c1. The summed E-state index contributed by atoms with van der Waals surface area (Å²) in [6.07, 6.45) is 1.73. The van der Waals surface area contributed by atoms with Gasteiger partial charge in [0.1, 0.15) is 18.1 Å². The molecule has 39 heavy (non-hydrogen) atoms. The zero-order chi connectivity index (χ0) is 27.4. The molecule has 0 radical (unpaired) electrons. The van der Waals surface area contributed by atoms with Crippen LogP contribution in [0.4, 0.5) is 0 Å². The minimum absolute atomic E-state index is 0.162. The molecule has 13 heteroatoms. The van der Waals surface area contributed by atoms with Crippen LogP contribution >= 0.6 is 0 Å². The van der Waals surface area contributed by atoms with E-state index in [1.807, 2.05) is 6.07 Å². The molecule has 1 fully saturated rings. The molecule has 0 atom stereocenters. The summed E-state index contributed by atoms with van der Waals surface area (Å²) in [6.45, 7) is 1.43. The maximum atomic E-state index is 12.7. The van der Waals surface area contributed by atoms with E-state index in [1.165, 1.54) is 28.6 Å². The molecule has 1 saturated heterocycles. The third-order valence-electron chi connectivity index (χ3n) is 6.34. The first-order valence-electron chi connectivity index (χ1n) is 12.4. The van der Waals surface area contributed by atoms with Gasteiger partial charge in [0.25, 0.3) is 5.91 Å². The van der Waals surface area contributed by atoms with Crippen molar-refractivity contribution in [3.8, 4) is 28.8 Å². The maximum absolute atomic E-state index is 12.7. The van der Waals surface area contributed by atoms with Crippen molar-refractivity contribution < 1.29 is 27.4 Å². The monoisotopic (exact) mass is 552 g/mol. The van der Waals surface area contributed by atoms with Crippen molar-refractivity contribution in [2.24, 2.45) is 0 Å². The lowest BCUT2D eigenvalue weighted by Crippen LogP contribution is -2.29. The average molecular weight is 553 g/mol. The molecule has 0 aliphatic carbocycles. The Morgan fingerprint density at radius 1 is 0.974 bits per heavy atom. The number of carbonyl (C=O) groups is 1. The highest BCUT2D eigenvalue weighted by Gasteiger charge is 2.27. The summed E-state index contributed by atoms with van der Waals surface area (Å²) in [4.78, 5) is 12.7. The molecule has 1 N–H and O–H groups in total. The molecule has 4 aromatic rings. The van der Waals surface area contributed by atoms with Crippen LogP contribution in [0.25, 0.3) is 17.0 Å². The van der Waals surface area contributed by atoms with Gasteiger partial charge in [0.2, 0.25) is 15.9 Å². The summed E-state index contributed by atoms with van der Waals surface area (Å²) in [5.74, 6) is 1.66. The second kappa shape index (κ2) is 11.3. The van der Waals surface area contributed by atoms with Crippen molar-refractivity contribution in [3.05, 3.63) is 60.2 Å². The fourth-order valence-electron chi connectivity index (χ4n) is 4.28. The van der Waals surface area contributed by atoms with Gasteiger partial charge in [-0.3, -0.25) is 4.79 Å². The highest BCUT2D eigenvalue weighted by atomic mass is 32.2. The van der Waals surface area contributed by atoms with E-state index in [0.717, 1.165) is 12.8 Å². The number of nitrogens with zero attached hydrogens (tertiary/aromatic N) is 5. The molecule has 2 aromatic heterocycles. The predicted molar refractivity (Wildman–Crippen MR) is 142 cm³/mol. The molecule has 12 nitrogen and oxygen atoms in total. The highest BCUT2D eigenvalue weighted by molar-refractivity contribution is 7.89. The smallest absolute Gasteiger partial charge is 0.251 e. The van der Waals surface area contributed by atoms with Crippen molar-refractivity contribution >= 4 is 21.6 Å². The van der Waals surface area contributed by atoms with Crippen molar-refractivity contribution in [1.82, 2.24) is 29.4 Å². The zero-order valence-corrected chi connectivity index (χ0v) is 22.3. The summed E-state index contributed by atoms with van der Waals surface area (Å²) >= 11 is 0. The minimum Gasteiger partial charge on any atom is -0.497 e. The molecule has 0 bridgehead atoms. The number of fused-ring (bicyclic) bond motifs is 1. The lowest BCUT2D eigenvalue weighted by atomic mass is 10.2. The number of nitrogens with one attached hydrogen (secondary N) is 1. The number of carbonyl (C=O) groups excluding carboxylic acids is 1. The van der Waals surface area contributed by atoms with E-state index < -0.39 is 10.0 Å². The predicted octanol–water partition coefficient (Wildman–Crippen LogP) is 2.40. The lowest BCUT2D eigenvalue weighted by Gasteiger charge is -2.15. The number of hydrogen-bond donors (Lipinski definition) is 1. The topological polar surface area (TPSA) is 137 Å². The second-order valence-corrected chi connectivity index (χ2v) is 10.7. The van der Waals surface area contributed by atoms with Gasteiger partial charge in [-0.05, 0) is 55.3 Å². The van der Waals surface area contributed by atoms with Gasteiger partial charge in [0.05, 0.1) is 31.2 Å². The maximum Gasteiger partial charge on any atom is 0.251 e. The number of sulfonamides is 1. The van der Waals surface area contributed by atoms with Gasteiger partial charge >= 0.3 is 0 Å². The summed E-state index contributed by atoms with van der Waals surface area (Å²) in [6, 6.07) is 14.7. The Balaban J connectivity index is 1.20. The van der Waals surface area contributed by atoms with E-state index in [2.05, 4.69) is 20.6 Å². The molecule has 1 amide bonds. The molecule has 204 valence electrons. The van der Waals surface area contributed by atoms with Crippen LogP contribution in [0.15, 0.2) is 59.5 Å². The molecule has 1 aliphatic rings.